The second-order valence-electron chi connectivity index (χ2n) is 7.25. The van der Waals surface area contributed by atoms with Gasteiger partial charge >= 0.3 is 0 Å². The van der Waals surface area contributed by atoms with Crippen molar-refractivity contribution in [2.75, 3.05) is 4.90 Å². The Morgan fingerprint density at radius 2 is 1.67 bits per heavy atom. The first kappa shape index (κ1) is 16.2. The molecule has 1 atom stereocenters. The van der Waals surface area contributed by atoms with Crippen LogP contribution in [0.1, 0.15) is 42.3 Å². The number of fused-ring (bicyclic) bond motifs is 1. The van der Waals surface area contributed by atoms with E-state index in [0.717, 1.165) is 16.8 Å². The van der Waals surface area contributed by atoms with Gasteiger partial charge in [-0.3, -0.25) is 14.5 Å². The summed E-state index contributed by atoms with van der Waals surface area (Å²) in [6, 6.07) is 14.5. The molecular weight excluding hydrogens is 300 g/mol. The van der Waals surface area contributed by atoms with Crippen LogP contribution in [0.4, 0.5) is 5.69 Å². The van der Waals surface area contributed by atoms with Crippen LogP contribution in [0.3, 0.4) is 0 Å². The molecule has 2 aromatic carbocycles. The molecule has 0 aliphatic carbocycles. The van der Waals surface area contributed by atoms with Crippen molar-refractivity contribution in [1.29, 1.82) is 0 Å². The van der Waals surface area contributed by atoms with Gasteiger partial charge in [-0.2, -0.15) is 0 Å². The summed E-state index contributed by atoms with van der Waals surface area (Å²) in [5, 5.41) is 0. The number of rotatable bonds is 2. The number of hydrogen-bond donors (Lipinski definition) is 1. The molecule has 0 saturated carbocycles. The second kappa shape index (κ2) is 5.78. The van der Waals surface area contributed by atoms with Crippen LogP contribution in [-0.2, 0) is 16.6 Å². The summed E-state index contributed by atoms with van der Waals surface area (Å²) < 4.78 is 0. The Morgan fingerprint density at radius 3 is 2.25 bits per heavy atom. The molecule has 2 aromatic rings. The minimum Gasteiger partial charge on any atom is -0.368 e. The lowest BCUT2D eigenvalue weighted by Crippen LogP contribution is -2.46. The molecule has 4 nitrogen and oxygen atoms in total. The van der Waals surface area contributed by atoms with Gasteiger partial charge in [0.1, 0.15) is 6.04 Å². The topological polar surface area (TPSA) is 63.4 Å². The highest BCUT2D eigenvalue weighted by atomic mass is 16.2. The SMILES string of the molecule is CC(C)(C)c1ccc(C(=O)N2c3ccccc3CC2C(N)=O)cc1. The average Bonchev–Trinajstić information content (AvgIpc) is 2.93. The summed E-state index contributed by atoms with van der Waals surface area (Å²) in [5.41, 5.74) is 9.02. The third kappa shape index (κ3) is 2.80. The van der Waals surface area contributed by atoms with Crippen LogP contribution in [-0.4, -0.2) is 17.9 Å². The summed E-state index contributed by atoms with van der Waals surface area (Å²) in [5.74, 6) is -0.671. The molecule has 1 unspecified atom stereocenters. The number of primary amides is 1. The van der Waals surface area contributed by atoms with Crippen LogP contribution in [0.25, 0.3) is 0 Å². The van der Waals surface area contributed by atoms with Crippen molar-refractivity contribution in [3.05, 3.63) is 65.2 Å². The molecule has 1 heterocycles. The van der Waals surface area contributed by atoms with E-state index in [1.807, 2.05) is 48.5 Å². The number of anilines is 1. The van der Waals surface area contributed by atoms with E-state index in [1.165, 1.54) is 4.90 Å². The normalized spacial score (nSPS) is 16.8. The van der Waals surface area contributed by atoms with Gasteiger partial charge in [0, 0.05) is 17.7 Å². The molecule has 1 aliphatic heterocycles. The first-order chi connectivity index (χ1) is 11.3. The van der Waals surface area contributed by atoms with Crippen LogP contribution < -0.4 is 10.6 Å². The van der Waals surface area contributed by atoms with Crippen molar-refractivity contribution in [1.82, 2.24) is 0 Å². The highest BCUT2D eigenvalue weighted by Gasteiger charge is 2.37. The van der Waals surface area contributed by atoms with Crippen LogP contribution >= 0.6 is 0 Å². The Hall–Kier alpha value is -2.62. The number of carbonyl (C=O) groups is 2. The molecule has 24 heavy (non-hydrogen) atoms. The lowest BCUT2D eigenvalue weighted by molar-refractivity contribution is -0.119. The maximum atomic E-state index is 13.0. The van der Waals surface area contributed by atoms with Gasteiger partial charge in [-0.25, -0.2) is 0 Å². The number of carbonyl (C=O) groups excluding carboxylic acids is 2. The smallest absolute Gasteiger partial charge is 0.259 e. The molecule has 0 fully saturated rings. The minimum absolute atomic E-state index is 0.0254. The molecule has 0 bridgehead atoms. The van der Waals surface area contributed by atoms with Crippen molar-refractivity contribution in [3.63, 3.8) is 0 Å². The molecule has 0 spiro atoms. The average molecular weight is 322 g/mol. The molecule has 2 N–H and O–H groups in total. The first-order valence-electron chi connectivity index (χ1n) is 8.10. The summed E-state index contributed by atoms with van der Waals surface area (Å²) in [6.07, 6.45) is 0.470. The van der Waals surface area contributed by atoms with Crippen molar-refractivity contribution in [2.24, 2.45) is 5.73 Å². The van der Waals surface area contributed by atoms with Crippen LogP contribution in [0, 0.1) is 0 Å². The lowest BCUT2D eigenvalue weighted by atomic mass is 9.86. The van der Waals surface area contributed by atoms with Crippen LogP contribution in [0.5, 0.6) is 0 Å². The van der Waals surface area contributed by atoms with Gasteiger partial charge in [-0.1, -0.05) is 51.1 Å². The number of nitrogens with zero attached hydrogens (tertiary/aromatic N) is 1. The monoisotopic (exact) mass is 322 g/mol. The van der Waals surface area contributed by atoms with E-state index in [1.54, 1.807) is 0 Å². The molecule has 3 rings (SSSR count). The fourth-order valence-electron chi connectivity index (χ4n) is 3.12. The fourth-order valence-corrected chi connectivity index (χ4v) is 3.12. The number of nitrogens with two attached hydrogens (primary N) is 1. The number of benzene rings is 2. The zero-order valence-corrected chi connectivity index (χ0v) is 14.2. The zero-order valence-electron chi connectivity index (χ0n) is 14.2. The number of hydrogen-bond acceptors (Lipinski definition) is 2. The van der Waals surface area contributed by atoms with Gasteiger partial charge in [-0.05, 0) is 34.7 Å². The lowest BCUT2D eigenvalue weighted by Gasteiger charge is -2.24. The molecule has 4 heteroatoms. The van der Waals surface area contributed by atoms with E-state index in [4.69, 9.17) is 5.73 Å². The molecule has 2 amide bonds. The third-order valence-corrected chi connectivity index (χ3v) is 4.52. The van der Waals surface area contributed by atoms with E-state index >= 15 is 0 Å². The third-order valence-electron chi connectivity index (χ3n) is 4.52. The summed E-state index contributed by atoms with van der Waals surface area (Å²) in [7, 11) is 0. The Morgan fingerprint density at radius 1 is 1.04 bits per heavy atom. The molecule has 1 aliphatic rings. The van der Waals surface area contributed by atoms with Gasteiger partial charge in [0.25, 0.3) is 5.91 Å². The standard InChI is InChI=1S/C20H22N2O2/c1-20(2,3)15-10-8-13(9-11-15)19(24)22-16-7-5-4-6-14(16)12-17(22)18(21)23/h4-11,17H,12H2,1-3H3,(H2,21,23). The van der Waals surface area contributed by atoms with Crippen LogP contribution in [0.2, 0.25) is 0 Å². The highest BCUT2D eigenvalue weighted by molar-refractivity contribution is 6.11. The molecule has 124 valence electrons. The highest BCUT2D eigenvalue weighted by Crippen LogP contribution is 2.33. The second-order valence-corrected chi connectivity index (χ2v) is 7.25. The number of amides is 2. The van der Waals surface area contributed by atoms with E-state index in [2.05, 4.69) is 20.8 Å². The van der Waals surface area contributed by atoms with E-state index in [0.29, 0.717) is 12.0 Å². The zero-order chi connectivity index (χ0) is 17.5. The van der Waals surface area contributed by atoms with Crippen molar-refractivity contribution >= 4 is 17.5 Å². The first-order valence-corrected chi connectivity index (χ1v) is 8.10. The Balaban J connectivity index is 1.97. The fraction of sp³-hybridized carbons (Fsp3) is 0.300. The predicted octanol–water partition coefficient (Wildman–Crippen LogP) is 3.04. The maximum Gasteiger partial charge on any atom is 0.259 e. The summed E-state index contributed by atoms with van der Waals surface area (Å²) >= 11 is 0. The van der Waals surface area contributed by atoms with Crippen molar-refractivity contribution in [2.45, 2.75) is 38.6 Å². The van der Waals surface area contributed by atoms with Crippen molar-refractivity contribution in [3.8, 4) is 0 Å². The van der Waals surface area contributed by atoms with E-state index in [9.17, 15) is 9.59 Å². The molecular formula is C20H22N2O2. The quantitative estimate of drug-likeness (QED) is 0.923. The van der Waals surface area contributed by atoms with Crippen LogP contribution in [0.15, 0.2) is 48.5 Å². The van der Waals surface area contributed by atoms with Gasteiger partial charge in [0.05, 0.1) is 0 Å². The van der Waals surface area contributed by atoms with E-state index in [-0.39, 0.29) is 11.3 Å². The Kier molecular flexibility index (Phi) is 3.91. The van der Waals surface area contributed by atoms with Crippen molar-refractivity contribution < 1.29 is 9.59 Å². The van der Waals surface area contributed by atoms with Gasteiger partial charge in [0.15, 0.2) is 0 Å². The van der Waals surface area contributed by atoms with Gasteiger partial charge in [0.2, 0.25) is 5.91 Å². The van der Waals surface area contributed by atoms with E-state index < -0.39 is 11.9 Å². The largest absolute Gasteiger partial charge is 0.368 e. The molecule has 0 aromatic heterocycles. The summed E-state index contributed by atoms with van der Waals surface area (Å²) in [6.45, 7) is 6.39. The summed E-state index contributed by atoms with van der Waals surface area (Å²) in [4.78, 5) is 26.4. The predicted molar refractivity (Wildman–Crippen MR) is 95.1 cm³/mol. The Labute approximate surface area is 142 Å². The molecule has 0 saturated heterocycles. The number of para-hydroxylation sites is 1. The van der Waals surface area contributed by atoms with Gasteiger partial charge in [-0.15, -0.1) is 0 Å². The Bertz CT molecular complexity index is 788. The molecule has 0 radical (unpaired) electrons. The minimum atomic E-state index is -0.628. The van der Waals surface area contributed by atoms with Gasteiger partial charge < -0.3 is 5.73 Å². The maximum absolute atomic E-state index is 13.0.